The average molecular weight is 432 g/mol. The maximum absolute atomic E-state index is 13.7. The Balaban J connectivity index is 1.48. The van der Waals surface area contributed by atoms with Crippen molar-refractivity contribution >= 4 is 10.9 Å². The summed E-state index contributed by atoms with van der Waals surface area (Å²) in [6.07, 6.45) is 1.58. The number of benzene rings is 3. The predicted octanol–water partition coefficient (Wildman–Crippen LogP) is 6.00. The SMILES string of the molecule is Cc1cc(F)cc(Oc2cccc3nc(-c4cn(-c5ccc(F)c(F)c5)nn4)ccc23)c1. The summed E-state index contributed by atoms with van der Waals surface area (Å²) in [6.45, 7) is 1.79. The zero-order valence-corrected chi connectivity index (χ0v) is 16.8. The maximum atomic E-state index is 13.7. The molecule has 5 nitrogen and oxygen atoms in total. The number of aryl methyl sites for hydroxylation is 1. The molecule has 0 saturated heterocycles. The second-order valence-electron chi connectivity index (χ2n) is 7.23. The number of hydrogen-bond acceptors (Lipinski definition) is 4. The van der Waals surface area contributed by atoms with Crippen LogP contribution in [0.5, 0.6) is 11.5 Å². The molecule has 32 heavy (non-hydrogen) atoms. The molecule has 0 atom stereocenters. The number of ether oxygens (including phenoxy) is 1. The van der Waals surface area contributed by atoms with Gasteiger partial charge in [-0.15, -0.1) is 5.10 Å². The monoisotopic (exact) mass is 432 g/mol. The van der Waals surface area contributed by atoms with Gasteiger partial charge >= 0.3 is 0 Å². The van der Waals surface area contributed by atoms with E-state index in [4.69, 9.17) is 4.74 Å². The van der Waals surface area contributed by atoms with Gasteiger partial charge in [0, 0.05) is 17.5 Å². The first-order valence-corrected chi connectivity index (χ1v) is 9.69. The van der Waals surface area contributed by atoms with Crippen LogP contribution in [0.3, 0.4) is 0 Å². The Morgan fingerprint density at radius 1 is 0.844 bits per heavy atom. The van der Waals surface area contributed by atoms with Crippen molar-refractivity contribution < 1.29 is 17.9 Å². The average Bonchev–Trinajstić information content (AvgIpc) is 3.25. The smallest absolute Gasteiger partial charge is 0.160 e. The predicted molar refractivity (Wildman–Crippen MR) is 113 cm³/mol. The fourth-order valence-electron chi connectivity index (χ4n) is 3.38. The van der Waals surface area contributed by atoms with E-state index in [1.54, 1.807) is 37.4 Å². The normalized spacial score (nSPS) is 11.1. The molecule has 0 aliphatic rings. The van der Waals surface area contributed by atoms with Crippen LogP contribution >= 0.6 is 0 Å². The van der Waals surface area contributed by atoms with Crippen molar-refractivity contribution in [2.24, 2.45) is 0 Å². The minimum absolute atomic E-state index is 0.338. The zero-order valence-electron chi connectivity index (χ0n) is 16.8. The molecule has 0 unspecified atom stereocenters. The van der Waals surface area contributed by atoms with E-state index in [0.29, 0.717) is 34.1 Å². The highest BCUT2D eigenvalue weighted by Crippen LogP contribution is 2.31. The zero-order chi connectivity index (χ0) is 22.2. The quantitative estimate of drug-likeness (QED) is 0.350. The van der Waals surface area contributed by atoms with Gasteiger partial charge in [-0.25, -0.2) is 22.8 Å². The number of pyridine rings is 1. The molecule has 2 aromatic heterocycles. The summed E-state index contributed by atoms with van der Waals surface area (Å²) < 4.78 is 47.7. The summed E-state index contributed by atoms with van der Waals surface area (Å²) in [7, 11) is 0. The van der Waals surface area contributed by atoms with Crippen LogP contribution < -0.4 is 4.74 Å². The van der Waals surface area contributed by atoms with Gasteiger partial charge in [-0.3, -0.25) is 0 Å². The topological polar surface area (TPSA) is 52.8 Å². The van der Waals surface area contributed by atoms with Gasteiger partial charge in [0.15, 0.2) is 11.6 Å². The molecule has 0 aliphatic carbocycles. The van der Waals surface area contributed by atoms with Gasteiger partial charge in [0.05, 0.1) is 23.1 Å². The Labute approximate surface area is 180 Å². The lowest BCUT2D eigenvalue weighted by Gasteiger charge is -2.10. The minimum Gasteiger partial charge on any atom is -0.457 e. The minimum atomic E-state index is -0.968. The summed E-state index contributed by atoms with van der Waals surface area (Å²) >= 11 is 0. The molecule has 0 fully saturated rings. The second kappa shape index (κ2) is 7.81. The molecule has 8 heteroatoms. The summed E-state index contributed by atoms with van der Waals surface area (Å²) in [5, 5.41) is 8.82. The van der Waals surface area contributed by atoms with Gasteiger partial charge in [0.1, 0.15) is 23.0 Å². The van der Waals surface area contributed by atoms with Crippen molar-refractivity contribution in [2.45, 2.75) is 6.92 Å². The van der Waals surface area contributed by atoms with Gasteiger partial charge in [-0.2, -0.15) is 0 Å². The Hall–Kier alpha value is -4.20. The molecule has 0 aliphatic heterocycles. The van der Waals surface area contributed by atoms with E-state index in [-0.39, 0.29) is 5.82 Å². The molecular weight excluding hydrogens is 417 g/mol. The third-order valence-electron chi connectivity index (χ3n) is 4.86. The Morgan fingerprint density at radius 3 is 2.53 bits per heavy atom. The van der Waals surface area contributed by atoms with Crippen LogP contribution in [0.1, 0.15) is 5.56 Å². The Kier molecular flexibility index (Phi) is 4.82. The Morgan fingerprint density at radius 2 is 1.72 bits per heavy atom. The van der Waals surface area contributed by atoms with Crippen molar-refractivity contribution in [1.82, 2.24) is 20.0 Å². The molecule has 0 radical (unpaired) electrons. The number of nitrogens with zero attached hydrogens (tertiary/aromatic N) is 4. The fourth-order valence-corrected chi connectivity index (χ4v) is 3.38. The third kappa shape index (κ3) is 3.78. The number of halogens is 3. The Bertz CT molecular complexity index is 1450. The maximum Gasteiger partial charge on any atom is 0.160 e. The lowest BCUT2D eigenvalue weighted by Crippen LogP contribution is -1.96. The summed E-state index contributed by atoms with van der Waals surface area (Å²) in [6, 6.07) is 17.0. The lowest BCUT2D eigenvalue weighted by atomic mass is 10.1. The van der Waals surface area contributed by atoms with E-state index >= 15 is 0 Å². The van der Waals surface area contributed by atoms with Crippen molar-refractivity contribution in [3.05, 3.63) is 95.9 Å². The van der Waals surface area contributed by atoms with Crippen molar-refractivity contribution in [3.8, 4) is 28.6 Å². The standard InChI is InChI=1S/C24H15F3N4O/c1-14-9-15(25)11-17(10-14)32-24-4-2-3-21-18(24)6-8-22(28-21)23-13-31(30-29-23)16-5-7-19(26)20(27)12-16/h2-13H,1H3. The highest BCUT2D eigenvalue weighted by molar-refractivity contribution is 5.87. The van der Waals surface area contributed by atoms with Crippen LogP contribution in [0.15, 0.2) is 72.9 Å². The van der Waals surface area contributed by atoms with Gasteiger partial charge in [-0.1, -0.05) is 11.3 Å². The van der Waals surface area contributed by atoms with Crippen LogP contribution in [-0.4, -0.2) is 20.0 Å². The van der Waals surface area contributed by atoms with E-state index in [1.165, 1.54) is 22.9 Å². The van der Waals surface area contributed by atoms with E-state index < -0.39 is 11.6 Å². The number of rotatable bonds is 4. The number of hydrogen-bond donors (Lipinski definition) is 0. The second-order valence-corrected chi connectivity index (χ2v) is 7.23. The van der Waals surface area contributed by atoms with Crippen molar-refractivity contribution in [1.29, 1.82) is 0 Å². The molecule has 2 heterocycles. The van der Waals surface area contributed by atoms with E-state index in [9.17, 15) is 13.2 Å². The molecule has 5 aromatic rings. The first kappa shape index (κ1) is 19.7. The molecule has 3 aromatic carbocycles. The van der Waals surface area contributed by atoms with E-state index in [0.717, 1.165) is 23.1 Å². The molecule has 0 bridgehead atoms. The first-order chi connectivity index (χ1) is 15.5. The molecule has 5 rings (SSSR count). The molecule has 0 spiro atoms. The summed E-state index contributed by atoms with van der Waals surface area (Å²) in [5.41, 5.74) is 2.75. The molecule has 0 amide bonds. The molecule has 158 valence electrons. The van der Waals surface area contributed by atoms with Gasteiger partial charge < -0.3 is 4.74 Å². The lowest BCUT2D eigenvalue weighted by molar-refractivity contribution is 0.481. The van der Waals surface area contributed by atoms with Crippen molar-refractivity contribution in [3.63, 3.8) is 0 Å². The van der Waals surface area contributed by atoms with Crippen LogP contribution in [0, 0.1) is 24.4 Å². The number of fused-ring (bicyclic) bond motifs is 1. The van der Waals surface area contributed by atoms with Crippen LogP contribution in [0.25, 0.3) is 28.0 Å². The van der Waals surface area contributed by atoms with Gasteiger partial charge in [0.25, 0.3) is 0 Å². The van der Waals surface area contributed by atoms with Crippen molar-refractivity contribution in [2.75, 3.05) is 0 Å². The highest BCUT2D eigenvalue weighted by atomic mass is 19.2. The summed E-state index contributed by atoms with van der Waals surface area (Å²) in [4.78, 5) is 4.62. The fraction of sp³-hybridized carbons (Fsp3) is 0.0417. The first-order valence-electron chi connectivity index (χ1n) is 9.69. The molecule has 0 N–H and O–H groups in total. The molecular formula is C24H15F3N4O. The highest BCUT2D eigenvalue weighted by Gasteiger charge is 2.12. The number of aromatic nitrogens is 4. The van der Waals surface area contributed by atoms with Crippen LogP contribution in [0.4, 0.5) is 13.2 Å². The largest absolute Gasteiger partial charge is 0.457 e. The van der Waals surface area contributed by atoms with Crippen LogP contribution in [0.2, 0.25) is 0 Å². The van der Waals surface area contributed by atoms with E-state index in [2.05, 4.69) is 15.3 Å². The van der Waals surface area contributed by atoms with Gasteiger partial charge in [0.2, 0.25) is 0 Å². The van der Waals surface area contributed by atoms with E-state index in [1.807, 2.05) is 12.1 Å². The summed E-state index contributed by atoms with van der Waals surface area (Å²) in [5.74, 6) is -1.34. The molecule has 0 saturated carbocycles. The van der Waals surface area contributed by atoms with Gasteiger partial charge in [-0.05, 0) is 61.0 Å². The third-order valence-corrected chi connectivity index (χ3v) is 4.86. The van der Waals surface area contributed by atoms with Crippen LogP contribution in [-0.2, 0) is 0 Å².